The van der Waals surface area contributed by atoms with Gasteiger partial charge in [0.15, 0.2) is 0 Å². The number of benzene rings is 6. The van der Waals surface area contributed by atoms with Crippen molar-refractivity contribution in [3.05, 3.63) is 139 Å². The van der Waals surface area contributed by atoms with Crippen LogP contribution in [0.2, 0.25) is 0 Å². The van der Waals surface area contributed by atoms with E-state index < -0.39 is 0 Å². The standard InChI is InChI=1S/C36H23N3S/c1-2-12-22(13-3-1)33-25-16-6-9-19-28(25)37-36(38-33)39-29-20-10-7-17-26(29)31-32-27-18-8-11-21-30(27)40-35(32)24-15-5-4-14-23(24)34(31)39/h1-21,36-37H. The van der Waals surface area contributed by atoms with Crippen molar-refractivity contribution in [3.63, 3.8) is 0 Å². The quantitative estimate of drug-likeness (QED) is 0.237. The van der Waals surface area contributed by atoms with Crippen molar-refractivity contribution in [3.8, 4) is 0 Å². The fraction of sp³-hybridized carbons (Fsp3) is 0.0278. The SMILES string of the molecule is c1ccc(C2=NC(n3c4ccccc4c4c5c6ccccc6sc5c5ccccc5c43)Nc3ccccc32)cc1. The molecule has 0 amide bonds. The van der Waals surface area contributed by atoms with Gasteiger partial charge in [-0.2, -0.15) is 0 Å². The Morgan fingerprint density at radius 1 is 0.600 bits per heavy atom. The zero-order valence-electron chi connectivity index (χ0n) is 21.5. The number of anilines is 1. The van der Waals surface area contributed by atoms with E-state index in [1.807, 2.05) is 11.3 Å². The summed E-state index contributed by atoms with van der Waals surface area (Å²) in [6.45, 7) is 0. The molecule has 3 heterocycles. The van der Waals surface area contributed by atoms with Crippen LogP contribution in [0.25, 0.3) is 52.8 Å². The molecule has 0 radical (unpaired) electrons. The van der Waals surface area contributed by atoms with Crippen molar-refractivity contribution in [2.24, 2.45) is 4.99 Å². The second kappa shape index (κ2) is 8.28. The summed E-state index contributed by atoms with van der Waals surface area (Å²) in [5, 5.41) is 11.6. The van der Waals surface area contributed by atoms with E-state index in [0.717, 1.165) is 22.5 Å². The van der Waals surface area contributed by atoms with Crippen LogP contribution in [-0.4, -0.2) is 10.3 Å². The van der Waals surface area contributed by atoms with E-state index in [1.54, 1.807) is 0 Å². The molecule has 1 aliphatic heterocycles. The van der Waals surface area contributed by atoms with Crippen LogP contribution in [0.5, 0.6) is 0 Å². The van der Waals surface area contributed by atoms with Gasteiger partial charge in [-0.15, -0.1) is 11.3 Å². The van der Waals surface area contributed by atoms with E-state index in [0.29, 0.717) is 0 Å². The Hall–Kier alpha value is -4.93. The number of nitrogens with zero attached hydrogens (tertiary/aromatic N) is 2. The van der Waals surface area contributed by atoms with Crippen LogP contribution in [0.15, 0.2) is 132 Å². The number of thiophene rings is 1. The zero-order chi connectivity index (χ0) is 26.2. The molecule has 6 aromatic carbocycles. The maximum absolute atomic E-state index is 5.44. The molecule has 1 aliphatic rings. The van der Waals surface area contributed by atoms with Crippen molar-refractivity contribution < 1.29 is 0 Å². The second-order valence-corrected chi connectivity index (χ2v) is 11.4. The maximum atomic E-state index is 5.44. The average molecular weight is 530 g/mol. The summed E-state index contributed by atoms with van der Waals surface area (Å²) in [4.78, 5) is 5.44. The molecule has 0 saturated heterocycles. The molecule has 188 valence electrons. The minimum atomic E-state index is -0.307. The number of hydrogen-bond acceptors (Lipinski definition) is 3. The molecule has 3 nitrogen and oxygen atoms in total. The number of fused-ring (bicyclic) bond motifs is 11. The Kier molecular flexibility index (Phi) is 4.54. The molecular weight excluding hydrogens is 506 g/mol. The predicted octanol–water partition coefficient (Wildman–Crippen LogP) is 9.73. The highest BCUT2D eigenvalue weighted by Crippen LogP contribution is 2.48. The molecule has 0 fully saturated rings. The van der Waals surface area contributed by atoms with Crippen molar-refractivity contribution in [1.82, 2.24) is 4.57 Å². The molecule has 0 aliphatic carbocycles. The van der Waals surface area contributed by atoms with Crippen LogP contribution in [0.4, 0.5) is 5.69 Å². The van der Waals surface area contributed by atoms with Gasteiger partial charge in [-0.1, -0.05) is 109 Å². The van der Waals surface area contributed by atoms with E-state index in [-0.39, 0.29) is 6.29 Å². The van der Waals surface area contributed by atoms with Gasteiger partial charge < -0.3 is 9.88 Å². The van der Waals surface area contributed by atoms with Crippen LogP contribution in [0.1, 0.15) is 17.4 Å². The van der Waals surface area contributed by atoms with Gasteiger partial charge in [-0.05, 0) is 18.2 Å². The first kappa shape index (κ1) is 21.9. The van der Waals surface area contributed by atoms with Crippen LogP contribution < -0.4 is 5.32 Å². The maximum Gasteiger partial charge on any atom is 0.201 e. The third kappa shape index (κ3) is 2.97. The monoisotopic (exact) mass is 529 g/mol. The Morgan fingerprint density at radius 3 is 2.15 bits per heavy atom. The summed E-state index contributed by atoms with van der Waals surface area (Å²) < 4.78 is 5.10. The van der Waals surface area contributed by atoms with E-state index in [9.17, 15) is 0 Å². The molecule has 2 aromatic heterocycles. The van der Waals surface area contributed by atoms with Gasteiger partial charge >= 0.3 is 0 Å². The summed E-state index contributed by atoms with van der Waals surface area (Å²) in [7, 11) is 0. The first-order valence-electron chi connectivity index (χ1n) is 13.6. The summed E-state index contributed by atoms with van der Waals surface area (Å²) in [5.74, 6) is 0. The van der Waals surface area contributed by atoms with E-state index in [4.69, 9.17) is 4.99 Å². The van der Waals surface area contributed by atoms with Crippen LogP contribution >= 0.6 is 11.3 Å². The Morgan fingerprint density at radius 2 is 1.27 bits per heavy atom. The molecule has 1 atom stereocenters. The Labute approximate surface area is 234 Å². The number of aliphatic imine (C=N–C) groups is 1. The van der Waals surface area contributed by atoms with Gasteiger partial charge in [0, 0.05) is 58.5 Å². The Balaban J connectivity index is 1.47. The van der Waals surface area contributed by atoms with Gasteiger partial charge in [0.2, 0.25) is 6.29 Å². The highest BCUT2D eigenvalue weighted by atomic mass is 32.1. The largest absolute Gasteiger partial charge is 0.346 e. The minimum Gasteiger partial charge on any atom is -0.346 e. The zero-order valence-corrected chi connectivity index (χ0v) is 22.3. The van der Waals surface area contributed by atoms with Gasteiger partial charge in [0.25, 0.3) is 0 Å². The van der Waals surface area contributed by atoms with Gasteiger partial charge in [-0.3, -0.25) is 0 Å². The highest BCUT2D eigenvalue weighted by molar-refractivity contribution is 7.27. The molecule has 4 heteroatoms. The smallest absolute Gasteiger partial charge is 0.201 e. The third-order valence-corrected chi connectivity index (χ3v) is 9.40. The van der Waals surface area contributed by atoms with Crippen molar-refractivity contribution in [2.75, 3.05) is 5.32 Å². The summed E-state index contributed by atoms with van der Waals surface area (Å²) in [6, 6.07) is 45.5. The molecular formula is C36H23N3S. The second-order valence-electron chi connectivity index (χ2n) is 10.4. The number of aromatic nitrogens is 1. The van der Waals surface area contributed by atoms with Gasteiger partial charge in [-0.25, -0.2) is 4.99 Å². The van der Waals surface area contributed by atoms with Crippen molar-refractivity contribution >= 4 is 75.5 Å². The Bertz CT molecular complexity index is 2310. The van der Waals surface area contributed by atoms with Crippen LogP contribution in [0.3, 0.4) is 0 Å². The molecule has 0 saturated carbocycles. The lowest BCUT2D eigenvalue weighted by Gasteiger charge is -2.28. The van der Waals surface area contributed by atoms with Crippen molar-refractivity contribution in [2.45, 2.75) is 6.29 Å². The summed E-state index contributed by atoms with van der Waals surface area (Å²) in [5.41, 5.74) is 6.76. The normalized spacial score (nSPS) is 15.1. The molecule has 0 spiro atoms. The summed E-state index contributed by atoms with van der Waals surface area (Å²) >= 11 is 1.90. The predicted molar refractivity (Wildman–Crippen MR) is 171 cm³/mol. The first-order chi connectivity index (χ1) is 19.9. The fourth-order valence-corrected chi connectivity index (χ4v) is 7.78. The van der Waals surface area contributed by atoms with Crippen LogP contribution in [0, 0.1) is 0 Å². The number of hydrogen-bond donors (Lipinski definition) is 1. The molecule has 8 aromatic rings. The molecule has 9 rings (SSSR count). The third-order valence-electron chi connectivity index (χ3n) is 8.19. The lowest BCUT2D eigenvalue weighted by Crippen LogP contribution is -2.24. The van der Waals surface area contributed by atoms with E-state index >= 15 is 0 Å². The highest BCUT2D eigenvalue weighted by Gasteiger charge is 2.27. The molecule has 0 bridgehead atoms. The molecule has 1 unspecified atom stereocenters. The lowest BCUT2D eigenvalue weighted by atomic mass is 9.99. The topological polar surface area (TPSA) is 29.3 Å². The van der Waals surface area contributed by atoms with Gasteiger partial charge in [0.1, 0.15) is 0 Å². The first-order valence-corrected chi connectivity index (χ1v) is 14.4. The van der Waals surface area contributed by atoms with E-state index in [2.05, 4.69) is 137 Å². The summed E-state index contributed by atoms with van der Waals surface area (Å²) in [6.07, 6.45) is -0.307. The number of para-hydroxylation sites is 2. The average Bonchev–Trinajstić information content (AvgIpc) is 3.58. The lowest BCUT2D eigenvalue weighted by molar-refractivity contribution is 0.626. The molecule has 1 N–H and O–H groups in total. The number of rotatable bonds is 2. The van der Waals surface area contributed by atoms with E-state index in [1.165, 1.54) is 52.8 Å². The van der Waals surface area contributed by atoms with Crippen molar-refractivity contribution in [1.29, 1.82) is 0 Å². The minimum absolute atomic E-state index is 0.307. The van der Waals surface area contributed by atoms with Crippen LogP contribution in [-0.2, 0) is 0 Å². The fourth-order valence-electron chi connectivity index (χ4n) is 6.53. The van der Waals surface area contributed by atoms with Gasteiger partial charge in [0.05, 0.1) is 16.7 Å². The number of nitrogens with one attached hydrogen (secondary N) is 1. The molecule has 40 heavy (non-hydrogen) atoms.